The van der Waals surface area contributed by atoms with Crippen LogP contribution in [0.15, 0.2) is 46.2 Å². The van der Waals surface area contributed by atoms with Crippen molar-refractivity contribution in [3.8, 4) is 5.75 Å². The molecule has 1 saturated heterocycles. The summed E-state index contributed by atoms with van der Waals surface area (Å²) in [4.78, 5) is 22.4. The van der Waals surface area contributed by atoms with E-state index in [-0.39, 0.29) is 22.5 Å². The predicted octanol–water partition coefficient (Wildman–Crippen LogP) is 4.09. The number of fused-ring (bicyclic) bond motifs is 1. The minimum absolute atomic E-state index is 0.123. The third-order valence-electron chi connectivity index (χ3n) is 8.03. The highest BCUT2D eigenvalue weighted by Gasteiger charge is 2.40. The van der Waals surface area contributed by atoms with E-state index in [9.17, 15) is 27.1 Å². The van der Waals surface area contributed by atoms with Crippen LogP contribution in [0, 0.1) is 0 Å². The van der Waals surface area contributed by atoms with Gasteiger partial charge in [-0.3, -0.25) is 9.36 Å². The lowest BCUT2D eigenvalue weighted by atomic mass is 10.00. The van der Waals surface area contributed by atoms with Crippen LogP contribution < -0.4 is 15.6 Å². The number of anilines is 1. The smallest absolute Gasteiger partial charge is 0.387 e. The number of alkyl halides is 2. The molecule has 0 radical (unpaired) electrons. The molecule has 222 valence electrons. The van der Waals surface area contributed by atoms with Crippen LogP contribution in [-0.4, -0.2) is 63.7 Å². The lowest BCUT2D eigenvalue weighted by molar-refractivity contribution is -0.0513. The van der Waals surface area contributed by atoms with E-state index >= 15 is 0 Å². The van der Waals surface area contributed by atoms with E-state index in [1.54, 1.807) is 19.1 Å². The number of aryl methyl sites for hydroxylation is 1. The van der Waals surface area contributed by atoms with Crippen LogP contribution in [-0.2, 0) is 16.4 Å². The van der Waals surface area contributed by atoms with Crippen molar-refractivity contribution in [1.82, 2.24) is 18.8 Å². The summed E-state index contributed by atoms with van der Waals surface area (Å²) in [5.74, 6) is -0.313. The molecule has 10 nitrogen and oxygen atoms in total. The maximum Gasteiger partial charge on any atom is 0.387 e. The number of pyridine rings is 1. The zero-order valence-corrected chi connectivity index (χ0v) is 23.9. The molecule has 0 unspecified atom stereocenters. The molecule has 3 aromatic rings. The molecule has 1 saturated carbocycles. The molecule has 0 amide bonds. The third-order valence-corrected chi connectivity index (χ3v) is 9.95. The third kappa shape index (κ3) is 6.07. The van der Waals surface area contributed by atoms with Crippen molar-refractivity contribution in [3.05, 3.63) is 52.4 Å². The predicted molar refractivity (Wildman–Crippen MR) is 150 cm³/mol. The SMILES string of the molecule is CCCc1ccc(S(=O)(=O)N2CCC(Nc3ncc4cc(OC(F)F)c(=O)n([C@@H]5CCC[C@@]5(C)O)c4n3)CC2)cc1. The number of hydrogen-bond donors (Lipinski definition) is 2. The Morgan fingerprint density at radius 3 is 2.51 bits per heavy atom. The lowest BCUT2D eigenvalue weighted by Crippen LogP contribution is -2.42. The first kappa shape index (κ1) is 29.3. The number of aromatic nitrogens is 3. The number of rotatable bonds is 9. The molecule has 2 aliphatic rings. The molecule has 2 aromatic heterocycles. The van der Waals surface area contributed by atoms with Crippen molar-refractivity contribution in [2.75, 3.05) is 18.4 Å². The van der Waals surface area contributed by atoms with E-state index in [0.29, 0.717) is 50.6 Å². The highest BCUT2D eigenvalue weighted by molar-refractivity contribution is 7.89. The number of hydrogen-bond acceptors (Lipinski definition) is 8. The van der Waals surface area contributed by atoms with Gasteiger partial charge in [-0.1, -0.05) is 25.5 Å². The van der Waals surface area contributed by atoms with E-state index in [1.807, 2.05) is 12.1 Å². The zero-order valence-electron chi connectivity index (χ0n) is 23.1. The van der Waals surface area contributed by atoms with Gasteiger partial charge in [0.1, 0.15) is 5.65 Å². The van der Waals surface area contributed by atoms with Gasteiger partial charge in [0, 0.05) is 30.7 Å². The summed E-state index contributed by atoms with van der Waals surface area (Å²) in [6.07, 6.45) is 5.92. The molecule has 0 bridgehead atoms. The second kappa shape index (κ2) is 11.6. The van der Waals surface area contributed by atoms with Gasteiger partial charge in [0.2, 0.25) is 16.0 Å². The number of ether oxygens (including phenoxy) is 1. The Balaban J connectivity index is 1.35. The largest absolute Gasteiger partial charge is 0.429 e. The summed E-state index contributed by atoms with van der Waals surface area (Å²) in [7, 11) is -3.62. The number of sulfonamides is 1. The van der Waals surface area contributed by atoms with Gasteiger partial charge in [-0.25, -0.2) is 13.4 Å². The Morgan fingerprint density at radius 1 is 1.20 bits per heavy atom. The van der Waals surface area contributed by atoms with Crippen LogP contribution in [0.4, 0.5) is 14.7 Å². The van der Waals surface area contributed by atoms with E-state index in [0.717, 1.165) is 18.4 Å². The fourth-order valence-corrected chi connectivity index (χ4v) is 7.33. The van der Waals surface area contributed by atoms with E-state index in [2.05, 4.69) is 26.9 Å². The fraction of sp³-hybridized carbons (Fsp3) is 0.536. The lowest BCUT2D eigenvalue weighted by Gasteiger charge is -2.32. The summed E-state index contributed by atoms with van der Waals surface area (Å²) in [6.45, 7) is 1.13. The Hall–Kier alpha value is -3.16. The minimum atomic E-state index is -3.62. The van der Waals surface area contributed by atoms with Gasteiger partial charge in [-0.15, -0.1) is 0 Å². The number of aliphatic hydroxyl groups is 1. The van der Waals surface area contributed by atoms with Gasteiger partial charge < -0.3 is 15.2 Å². The molecule has 41 heavy (non-hydrogen) atoms. The molecule has 0 spiro atoms. The maximum absolute atomic E-state index is 13.2. The van der Waals surface area contributed by atoms with Gasteiger partial charge in [-0.05, 0) is 69.2 Å². The van der Waals surface area contributed by atoms with Crippen molar-refractivity contribution in [2.45, 2.75) is 88.0 Å². The normalized spacial score (nSPS) is 22.4. The number of halogens is 2. The quantitative estimate of drug-likeness (QED) is 0.381. The topological polar surface area (TPSA) is 127 Å². The Labute approximate surface area is 237 Å². The molecule has 2 atom stereocenters. The molecule has 2 fully saturated rings. The van der Waals surface area contributed by atoms with Gasteiger partial charge in [0.05, 0.1) is 16.5 Å². The molecular weight excluding hydrogens is 556 g/mol. The van der Waals surface area contributed by atoms with Crippen LogP contribution in [0.1, 0.15) is 64.0 Å². The highest BCUT2D eigenvalue weighted by atomic mass is 32.2. The molecular formula is C28H35F2N5O5S. The van der Waals surface area contributed by atoms with Crippen molar-refractivity contribution < 1.29 is 27.0 Å². The Bertz CT molecular complexity index is 1550. The van der Waals surface area contributed by atoms with Gasteiger partial charge in [-0.2, -0.15) is 18.1 Å². The summed E-state index contributed by atoms with van der Waals surface area (Å²) >= 11 is 0. The number of benzene rings is 1. The summed E-state index contributed by atoms with van der Waals surface area (Å²) in [5, 5.41) is 14.5. The maximum atomic E-state index is 13.2. The molecule has 1 aromatic carbocycles. The van der Waals surface area contributed by atoms with E-state index < -0.39 is 39.6 Å². The standard InChI is InChI=1S/C28H35F2N5O5S/c1-3-5-18-7-9-21(10-8-18)41(38,39)34-14-11-20(12-15-34)32-27-31-17-19-16-22(40-26(29)30)25(36)35(24(19)33-27)23-6-4-13-28(23,2)37/h7-10,16-17,20,23,26,37H,3-6,11-15H2,1-2H3,(H,31,32,33)/t23-,28-/m1/s1. The first-order valence-corrected chi connectivity index (χ1v) is 15.4. The summed E-state index contributed by atoms with van der Waals surface area (Å²) in [6, 6.07) is 7.42. The second-order valence-electron chi connectivity index (χ2n) is 11.0. The molecule has 5 rings (SSSR count). The number of nitrogens with one attached hydrogen (secondary N) is 1. The van der Waals surface area contributed by atoms with Crippen LogP contribution in [0.2, 0.25) is 0 Å². The minimum Gasteiger partial charge on any atom is -0.429 e. The average molecular weight is 592 g/mol. The molecule has 2 N–H and O–H groups in total. The molecule has 13 heteroatoms. The molecule has 1 aliphatic carbocycles. The Kier molecular flexibility index (Phi) is 8.31. The van der Waals surface area contributed by atoms with Crippen LogP contribution in [0.5, 0.6) is 5.75 Å². The van der Waals surface area contributed by atoms with Crippen LogP contribution in [0.25, 0.3) is 11.0 Å². The van der Waals surface area contributed by atoms with Crippen molar-refractivity contribution in [1.29, 1.82) is 0 Å². The van der Waals surface area contributed by atoms with Crippen molar-refractivity contribution in [3.63, 3.8) is 0 Å². The van der Waals surface area contributed by atoms with Crippen molar-refractivity contribution in [2.24, 2.45) is 0 Å². The van der Waals surface area contributed by atoms with Crippen LogP contribution >= 0.6 is 0 Å². The first-order chi connectivity index (χ1) is 19.5. The zero-order chi connectivity index (χ0) is 29.4. The van der Waals surface area contributed by atoms with Crippen molar-refractivity contribution >= 4 is 27.0 Å². The number of piperidine rings is 1. The summed E-state index contributed by atoms with van der Waals surface area (Å²) < 4.78 is 59.6. The Morgan fingerprint density at radius 2 is 1.90 bits per heavy atom. The second-order valence-corrected chi connectivity index (χ2v) is 13.0. The van der Waals surface area contributed by atoms with Crippen LogP contribution in [0.3, 0.4) is 0 Å². The van der Waals surface area contributed by atoms with E-state index in [1.165, 1.54) is 21.1 Å². The monoisotopic (exact) mass is 591 g/mol. The summed E-state index contributed by atoms with van der Waals surface area (Å²) in [5.41, 5.74) is -0.721. The highest BCUT2D eigenvalue weighted by Crippen LogP contribution is 2.40. The average Bonchev–Trinajstić information content (AvgIpc) is 3.28. The molecule has 1 aliphatic heterocycles. The number of nitrogens with zero attached hydrogens (tertiary/aromatic N) is 4. The van der Waals surface area contributed by atoms with Gasteiger partial charge >= 0.3 is 6.61 Å². The first-order valence-electron chi connectivity index (χ1n) is 13.9. The van der Waals surface area contributed by atoms with Gasteiger partial charge in [0.15, 0.2) is 5.75 Å². The molecule has 3 heterocycles. The van der Waals surface area contributed by atoms with E-state index in [4.69, 9.17) is 0 Å². The fourth-order valence-electron chi connectivity index (χ4n) is 5.86. The van der Waals surface area contributed by atoms with Gasteiger partial charge in [0.25, 0.3) is 5.56 Å².